The smallest absolute Gasteiger partial charge is 0.222 e. The predicted octanol–water partition coefficient (Wildman–Crippen LogP) is 1.08. The molecule has 0 bridgehead atoms. The number of piperazine rings is 1. The van der Waals surface area contributed by atoms with Gasteiger partial charge in [0, 0.05) is 39.0 Å². The number of nitrogens with zero attached hydrogens (tertiary/aromatic N) is 2. The summed E-state index contributed by atoms with van der Waals surface area (Å²) in [7, 11) is 0. The van der Waals surface area contributed by atoms with Crippen molar-refractivity contribution < 1.29 is 9.59 Å². The van der Waals surface area contributed by atoms with E-state index in [1.165, 1.54) is 0 Å². The summed E-state index contributed by atoms with van der Waals surface area (Å²) in [4.78, 5) is 27.8. The van der Waals surface area contributed by atoms with E-state index in [2.05, 4.69) is 20.8 Å². The molecule has 0 saturated carbocycles. The fraction of sp³-hybridized carbons (Fsp3) is 0.867. The van der Waals surface area contributed by atoms with Crippen LogP contribution in [0.25, 0.3) is 0 Å². The molecule has 0 spiro atoms. The second kappa shape index (κ2) is 8.25. The topological polar surface area (TPSA) is 66.6 Å². The monoisotopic (exact) mass is 283 g/mol. The van der Waals surface area contributed by atoms with E-state index in [1.54, 1.807) is 0 Å². The summed E-state index contributed by atoms with van der Waals surface area (Å²) >= 11 is 0. The number of rotatable bonds is 6. The fourth-order valence-corrected chi connectivity index (χ4v) is 2.33. The van der Waals surface area contributed by atoms with Crippen LogP contribution in [0.4, 0.5) is 0 Å². The summed E-state index contributed by atoms with van der Waals surface area (Å²) in [6.45, 7) is 9.47. The van der Waals surface area contributed by atoms with Gasteiger partial charge in [-0.15, -0.1) is 0 Å². The first-order valence-corrected chi connectivity index (χ1v) is 7.69. The van der Waals surface area contributed by atoms with Crippen molar-refractivity contribution in [1.82, 2.24) is 9.80 Å². The first-order chi connectivity index (χ1) is 9.43. The van der Waals surface area contributed by atoms with Crippen molar-refractivity contribution in [1.29, 1.82) is 0 Å². The van der Waals surface area contributed by atoms with E-state index >= 15 is 0 Å². The first kappa shape index (κ1) is 17.0. The van der Waals surface area contributed by atoms with Crippen LogP contribution in [0, 0.1) is 11.8 Å². The number of hydrogen-bond acceptors (Lipinski definition) is 3. The lowest BCUT2D eigenvalue weighted by atomic mass is 10.1. The molecular weight excluding hydrogens is 254 g/mol. The molecule has 1 aliphatic heterocycles. The van der Waals surface area contributed by atoms with Crippen LogP contribution in [0.5, 0.6) is 0 Å². The Hall–Kier alpha value is -1.10. The van der Waals surface area contributed by atoms with Crippen molar-refractivity contribution in [2.75, 3.05) is 32.7 Å². The Kier molecular flexibility index (Phi) is 6.99. The van der Waals surface area contributed by atoms with Crippen LogP contribution in [0.1, 0.15) is 40.0 Å². The summed E-state index contributed by atoms with van der Waals surface area (Å²) < 4.78 is 0. The maximum absolute atomic E-state index is 12.1. The Morgan fingerprint density at radius 3 is 1.95 bits per heavy atom. The Labute approximate surface area is 122 Å². The molecule has 5 nitrogen and oxygen atoms in total. The summed E-state index contributed by atoms with van der Waals surface area (Å²) in [6.07, 6.45) is 2.02. The Morgan fingerprint density at radius 1 is 1.00 bits per heavy atom. The third kappa shape index (κ3) is 5.49. The highest BCUT2D eigenvalue weighted by atomic mass is 16.2. The van der Waals surface area contributed by atoms with E-state index in [4.69, 9.17) is 5.73 Å². The van der Waals surface area contributed by atoms with Gasteiger partial charge in [0.2, 0.25) is 11.8 Å². The molecule has 2 N–H and O–H groups in total. The molecule has 0 aromatic rings. The quantitative estimate of drug-likeness (QED) is 0.793. The average molecular weight is 283 g/mol. The normalized spacial score (nSPS) is 17.4. The lowest BCUT2D eigenvalue weighted by Crippen LogP contribution is -2.50. The van der Waals surface area contributed by atoms with Crippen molar-refractivity contribution >= 4 is 11.8 Å². The first-order valence-electron chi connectivity index (χ1n) is 7.69. The van der Waals surface area contributed by atoms with Gasteiger partial charge in [-0.05, 0) is 24.8 Å². The van der Waals surface area contributed by atoms with Crippen molar-refractivity contribution in [3.05, 3.63) is 0 Å². The highest BCUT2D eigenvalue weighted by Crippen LogP contribution is 2.11. The van der Waals surface area contributed by atoms with Gasteiger partial charge >= 0.3 is 0 Å². The molecule has 5 heteroatoms. The molecular formula is C15H29N3O2. The summed E-state index contributed by atoms with van der Waals surface area (Å²) in [5.41, 5.74) is 5.56. The molecule has 1 unspecified atom stereocenters. The van der Waals surface area contributed by atoms with Crippen LogP contribution in [0.3, 0.4) is 0 Å². The van der Waals surface area contributed by atoms with Gasteiger partial charge in [0.15, 0.2) is 0 Å². The molecule has 0 aromatic carbocycles. The number of hydrogen-bond donors (Lipinski definition) is 1. The van der Waals surface area contributed by atoms with Crippen molar-refractivity contribution in [2.45, 2.75) is 40.0 Å². The Morgan fingerprint density at radius 2 is 1.50 bits per heavy atom. The van der Waals surface area contributed by atoms with Crippen LogP contribution in [0.15, 0.2) is 0 Å². The summed E-state index contributed by atoms with van der Waals surface area (Å²) in [5.74, 6) is 1.19. The minimum Gasteiger partial charge on any atom is -0.339 e. The molecule has 0 radical (unpaired) electrons. The maximum atomic E-state index is 12.1. The molecule has 1 heterocycles. The van der Waals surface area contributed by atoms with Gasteiger partial charge < -0.3 is 15.5 Å². The van der Waals surface area contributed by atoms with Crippen LogP contribution in [-0.4, -0.2) is 54.3 Å². The maximum Gasteiger partial charge on any atom is 0.222 e. The SMILES string of the molecule is CC(C)CC(=O)N1CCN(C(=O)CCC(C)CN)CC1. The van der Waals surface area contributed by atoms with Gasteiger partial charge in [0.25, 0.3) is 0 Å². The fourth-order valence-electron chi connectivity index (χ4n) is 2.33. The molecule has 1 fully saturated rings. The number of nitrogens with two attached hydrogens (primary N) is 1. The molecule has 0 aliphatic carbocycles. The third-order valence-corrected chi connectivity index (χ3v) is 3.82. The standard InChI is InChI=1S/C15H29N3O2/c1-12(2)10-15(20)18-8-6-17(7-9-18)14(19)5-4-13(3)11-16/h12-13H,4-11,16H2,1-3H3. The zero-order chi connectivity index (χ0) is 15.1. The van der Waals surface area contributed by atoms with Gasteiger partial charge in [0.1, 0.15) is 0 Å². The molecule has 1 rings (SSSR count). The van der Waals surface area contributed by atoms with Gasteiger partial charge in [-0.3, -0.25) is 9.59 Å². The second-order valence-electron chi connectivity index (χ2n) is 6.24. The van der Waals surface area contributed by atoms with E-state index in [1.807, 2.05) is 9.80 Å². The zero-order valence-corrected chi connectivity index (χ0v) is 13.1. The van der Waals surface area contributed by atoms with Gasteiger partial charge in [0.05, 0.1) is 0 Å². The molecule has 1 saturated heterocycles. The van der Waals surface area contributed by atoms with E-state index in [9.17, 15) is 9.59 Å². The van der Waals surface area contributed by atoms with Gasteiger partial charge in [-0.25, -0.2) is 0 Å². The molecule has 2 amide bonds. The second-order valence-corrected chi connectivity index (χ2v) is 6.24. The van der Waals surface area contributed by atoms with Crippen molar-refractivity contribution in [2.24, 2.45) is 17.6 Å². The van der Waals surface area contributed by atoms with Crippen LogP contribution < -0.4 is 5.73 Å². The molecule has 1 atom stereocenters. The highest BCUT2D eigenvalue weighted by Gasteiger charge is 2.24. The largest absolute Gasteiger partial charge is 0.339 e. The Balaban J connectivity index is 2.31. The van der Waals surface area contributed by atoms with Crippen LogP contribution in [-0.2, 0) is 9.59 Å². The summed E-state index contributed by atoms with van der Waals surface area (Å²) in [6, 6.07) is 0. The van der Waals surface area contributed by atoms with Crippen LogP contribution >= 0.6 is 0 Å². The average Bonchev–Trinajstić information content (AvgIpc) is 2.43. The summed E-state index contributed by atoms with van der Waals surface area (Å²) in [5, 5.41) is 0. The number of carbonyl (C=O) groups excluding carboxylic acids is 2. The third-order valence-electron chi connectivity index (χ3n) is 3.82. The van der Waals surface area contributed by atoms with Crippen molar-refractivity contribution in [3.8, 4) is 0 Å². The van der Waals surface area contributed by atoms with E-state index in [0.717, 1.165) is 6.42 Å². The van der Waals surface area contributed by atoms with Crippen LogP contribution in [0.2, 0.25) is 0 Å². The van der Waals surface area contributed by atoms with Gasteiger partial charge in [-0.2, -0.15) is 0 Å². The number of amides is 2. The highest BCUT2D eigenvalue weighted by molar-refractivity contribution is 5.78. The Bertz CT molecular complexity index is 323. The lowest BCUT2D eigenvalue weighted by Gasteiger charge is -2.35. The van der Waals surface area contributed by atoms with E-state index in [-0.39, 0.29) is 11.8 Å². The molecule has 116 valence electrons. The van der Waals surface area contributed by atoms with E-state index in [0.29, 0.717) is 57.4 Å². The number of carbonyl (C=O) groups is 2. The predicted molar refractivity (Wildman–Crippen MR) is 80.1 cm³/mol. The zero-order valence-electron chi connectivity index (χ0n) is 13.1. The lowest BCUT2D eigenvalue weighted by molar-refractivity contribution is -0.140. The minimum absolute atomic E-state index is 0.196. The molecule has 0 aromatic heterocycles. The van der Waals surface area contributed by atoms with Crippen molar-refractivity contribution in [3.63, 3.8) is 0 Å². The van der Waals surface area contributed by atoms with E-state index < -0.39 is 0 Å². The molecule has 20 heavy (non-hydrogen) atoms. The minimum atomic E-state index is 0.196. The molecule has 1 aliphatic rings. The van der Waals surface area contributed by atoms with Gasteiger partial charge in [-0.1, -0.05) is 20.8 Å².